The quantitative estimate of drug-likeness (QED) is 0.469. The highest BCUT2D eigenvalue weighted by molar-refractivity contribution is 7.90. The van der Waals surface area contributed by atoms with Crippen LogP contribution in [0.4, 0.5) is 5.95 Å². The highest BCUT2D eigenvalue weighted by atomic mass is 32.2. The number of anilines is 1. The Balaban J connectivity index is 1.86. The summed E-state index contributed by atoms with van der Waals surface area (Å²) in [5.74, 6) is 0.133. The Morgan fingerprint density at radius 3 is 2.47 bits per heavy atom. The molecule has 0 aliphatic heterocycles. The number of aromatic nitrogens is 2. The number of rotatable bonds is 8. The van der Waals surface area contributed by atoms with Crippen LogP contribution in [0.1, 0.15) is 20.3 Å². The van der Waals surface area contributed by atoms with Crippen LogP contribution in [0.15, 0.2) is 65.6 Å². The van der Waals surface area contributed by atoms with Crippen LogP contribution in [0.5, 0.6) is 11.6 Å². The number of hydrogen-bond donors (Lipinski definition) is 3. The molecule has 0 fully saturated rings. The molecular formula is C22H25N5O4S. The number of sulfonamides is 1. The van der Waals surface area contributed by atoms with E-state index in [0.29, 0.717) is 23.4 Å². The highest BCUT2D eigenvalue weighted by Gasteiger charge is 2.23. The van der Waals surface area contributed by atoms with Gasteiger partial charge in [-0.2, -0.15) is 4.98 Å². The summed E-state index contributed by atoms with van der Waals surface area (Å²) in [5, 5.41) is 0. The summed E-state index contributed by atoms with van der Waals surface area (Å²) in [4.78, 5) is 20.3. The molecule has 0 radical (unpaired) electrons. The minimum absolute atomic E-state index is 0.0327. The molecule has 32 heavy (non-hydrogen) atoms. The zero-order chi connectivity index (χ0) is 23.3. The molecule has 1 atom stereocenters. The first-order chi connectivity index (χ1) is 15.1. The molecular weight excluding hydrogens is 430 g/mol. The van der Waals surface area contributed by atoms with Crippen molar-refractivity contribution in [1.82, 2.24) is 14.7 Å². The number of benzene rings is 2. The largest absolute Gasteiger partial charge is 0.439 e. The average Bonchev–Trinajstić information content (AvgIpc) is 2.73. The van der Waals surface area contributed by atoms with Crippen LogP contribution in [0.2, 0.25) is 0 Å². The Morgan fingerprint density at radius 2 is 1.78 bits per heavy atom. The van der Waals surface area contributed by atoms with Crippen LogP contribution >= 0.6 is 0 Å². The van der Waals surface area contributed by atoms with E-state index in [1.165, 1.54) is 12.1 Å². The Morgan fingerprint density at radius 1 is 1.06 bits per heavy atom. The molecule has 168 valence electrons. The fourth-order valence-corrected chi connectivity index (χ4v) is 4.03. The van der Waals surface area contributed by atoms with Crippen molar-refractivity contribution in [2.24, 2.45) is 11.7 Å². The molecule has 2 aromatic carbocycles. The van der Waals surface area contributed by atoms with Gasteiger partial charge in [0, 0.05) is 11.6 Å². The van der Waals surface area contributed by atoms with Gasteiger partial charge in [-0.1, -0.05) is 44.2 Å². The number of hydrogen-bond acceptors (Lipinski definition) is 8. The summed E-state index contributed by atoms with van der Waals surface area (Å²) in [6, 6.07) is 15.6. The van der Waals surface area contributed by atoms with Crippen LogP contribution in [0, 0.1) is 5.92 Å². The summed E-state index contributed by atoms with van der Waals surface area (Å²) in [5.41, 5.74) is 12.4. The van der Waals surface area contributed by atoms with Crippen molar-refractivity contribution in [2.45, 2.75) is 31.2 Å². The Bertz CT molecular complexity index is 1200. The standard InChI is InChI=1S/C22H25N5O4S/c1-14(2)11-18(23)21(28)27-32(29,30)17-10-6-7-15(12-17)19-13-20(26-22(24)25-19)31-16-8-4-3-5-9-16/h3-10,12-14,18H,11,23H2,1-2H3,(H,27,28)(H2,24,25,26)/t18-/m0/s1. The summed E-state index contributed by atoms with van der Waals surface area (Å²) < 4.78 is 33.2. The highest BCUT2D eigenvalue weighted by Crippen LogP contribution is 2.27. The van der Waals surface area contributed by atoms with Gasteiger partial charge in [0.1, 0.15) is 5.75 Å². The van der Waals surface area contributed by atoms with Crippen molar-refractivity contribution in [3.05, 3.63) is 60.7 Å². The van der Waals surface area contributed by atoms with E-state index in [-0.39, 0.29) is 22.6 Å². The molecule has 5 N–H and O–H groups in total. The molecule has 0 aliphatic carbocycles. The summed E-state index contributed by atoms with van der Waals surface area (Å²) in [6.07, 6.45) is 0.367. The summed E-state index contributed by atoms with van der Waals surface area (Å²) >= 11 is 0. The van der Waals surface area contributed by atoms with E-state index in [4.69, 9.17) is 16.2 Å². The SMILES string of the molecule is CC(C)C[C@H](N)C(=O)NS(=O)(=O)c1cccc(-c2cc(Oc3ccccc3)nc(N)n2)c1. The molecule has 10 heteroatoms. The predicted octanol–water partition coefficient (Wildman–Crippen LogP) is 2.70. The normalized spacial score (nSPS) is 12.4. The van der Waals surface area contributed by atoms with Crippen molar-refractivity contribution in [3.8, 4) is 22.9 Å². The predicted molar refractivity (Wildman–Crippen MR) is 121 cm³/mol. The lowest BCUT2D eigenvalue weighted by atomic mass is 10.0. The number of carbonyl (C=O) groups excluding carboxylic acids is 1. The summed E-state index contributed by atoms with van der Waals surface area (Å²) in [6.45, 7) is 3.79. The lowest BCUT2D eigenvalue weighted by Gasteiger charge is -2.14. The second kappa shape index (κ2) is 9.75. The molecule has 0 unspecified atom stereocenters. The molecule has 0 aliphatic rings. The molecule has 1 amide bonds. The maximum atomic E-state index is 12.7. The molecule has 0 saturated heterocycles. The zero-order valence-corrected chi connectivity index (χ0v) is 18.5. The van der Waals surface area contributed by atoms with Gasteiger partial charge in [0.05, 0.1) is 16.6 Å². The first-order valence-electron chi connectivity index (χ1n) is 9.94. The van der Waals surface area contributed by atoms with Gasteiger partial charge in [-0.3, -0.25) is 4.79 Å². The second-order valence-electron chi connectivity index (χ2n) is 7.60. The lowest BCUT2D eigenvalue weighted by molar-refractivity contribution is -0.120. The minimum atomic E-state index is -4.13. The van der Waals surface area contributed by atoms with Crippen LogP contribution in [0.25, 0.3) is 11.3 Å². The number of carbonyl (C=O) groups is 1. The number of ether oxygens (including phenoxy) is 1. The van der Waals surface area contributed by atoms with E-state index >= 15 is 0 Å². The topological polar surface area (TPSA) is 150 Å². The van der Waals surface area contributed by atoms with Gasteiger partial charge in [-0.05, 0) is 36.6 Å². The van der Waals surface area contributed by atoms with Crippen molar-refractivity contribution >= 4 is 21.9 Å². The van der Waals surface area contributed by atoms with Crippen LogP contribution < -0.4 is 20.9 Å². The smallest absolute Gasteiger partial charge is 0.264 e. The van der Waals surface area contributed by atoms with Gasteiger partial charge in [0.2, 0.25) is 11.8 Å². The zero-order valence-electron chi connectivity index (χ0n) is 17.7. The van der Waals surface area contributed by atoms with Crippen molar-refractivity contribution in [1.29, 1.82) is 0 Å². The molecule has 0 spiro atoms. The third-order valence-corrected chi connectivity index (χ3v) is 5.77. The Hall–Kier alpha value is -3.50. The second-order valence-corrected chi connectivity index (χ2v) is 9.28. The molecule has 1 heterocycles. The van der Waals surface area contributed by atoms with E-state index in [0.717, 1.165) is 0 Å². The molecule has 0 saturated carbocycles. The molecule has 1 aromatic heterocycles. The van der Waals surface area contributed by atoms with E-state index in [1.54, 1.807) is 30.3 Å². The molecule has 3 rings (SSSR count). The van der Waals surface area contributed by atoms with Crippen LogP contribution in [-0.2, 0) is 14.8 Å². The van der Waals surface area contributed by atoms with Gasteiger partial charge in [-0.15, -0.1) is 0 Å². The van der Waals surface area contributed by atoms with Gasteiger partial charge < -0.3 is 16.2 Å². The van der Waals surface area contributed by atoms with E-state index in [2.05, 4.69) is 9.97 Å². The first-order valence-corrected chi connectivity index (χ1v) is 11.4. The third kappa shape index (κ3) is 6.02. The van der Waals surface area contributed by atoms with Crippen molar-refractivity contribution in [3.63, 3.8) is 0 Å². The monoisotopic (exact) mass is 455 g/mol. The van der Waals surface area contributed by atoms with Gasteiger partial charge >= 0.3 is 0 Å². The van der Waals surface area contributed by atoms with Gasteiger partial charge in [-0.25, -0.2) is 18.1 Å². The van der Waals surface area contributed by atoms with Crippen molar-refractivity contribution < 1.29 is 17.9 Å². The number of nitrogens with one attached hydrogen (secondary N) is 1. The number of nitrogen functional groups attached to an aromatic ring is 1. The van der Waals surface area contributed by atoms with Gasteiger partial charge in [0.15, 0.2) is 0 Å². The average molecular weight is 456 g/mol. The van der Waals surface area contributed by atoms with Crippen molar-refractivity contribution in [2.75, 3.05) is 5.73 Å². The van der Waals surface area contributed by atoms with Crippen LogP contribution in [-0.4, -0.2) is 30.3 Å². The Labute approximate surface area is 186 Å². The number of nitrogens with zero attached hydrogens (tertiary/aromatic N) is 2. The number of nitrogens with two attached hydrogens (primary N) is 2. The van der Waals surface area contributed by atoms with E-state index in [1.807, 2.05) is 36.8 Å². The molecule has 9 nitrogen and oxygen atoms in total. The maximum absolute atomic E-state index is 12.7. The first kappa shape index (κ1) is 23.2. The van der Waals surface area contributed by atoms with Crippen LogP contribution in [0.3, 0.4) is 0 Å². The fourth-order valence-electron chi connectivity index (χ4n) is 2.96. The maximum Gasteiger partial charge on any atom is 0.264 e. The fraction of sp³-hybridized carbons (Fsp3) is 0.227. The molecule has 0 bridgehead atoms. The third-order valence-electron chi connectivity index (χ3n) is 4.42. The van der Waals surface area contributed by atoms with E-state index < -0.39 is 22.0 Å². The van der Waals surface area contributed by atoms with E-state index in [9.17, 15) is 13.2 Å². The lowest BCUT2D eigenvalue weighted by Crippen LogP contribution is -2.43. The Kier molecular flexibility index (Phi) is 7.06. The molecule has 3 aromatic rings. The minimum Gasteiger partial charge on any atom is -0.439 e. The number of para-hydroxylation sites is 1. The van der Waals surface area contributed by atoms with Gasteiger partial charge in [0.25, 0.3) is 15.9 Å². The summed E-state index contributed by atoms with van der Waals surface area (Å²) in [7, 11) is -4.13. The number of amides is 1.